The summed E-state index contributed by atoms with van der Waals surface area (Å²) in [6, 6.07) is 8.86. The summed E-state index contributed by atoms with van der Waals surface area (Å²) < 4.78 is 0. The van der Waals surface area contributed by atoms with Crippen molar-refractivity contribution in [2.45, 2.75) is 24.8 Å². The molecule has 2 aliphatic heterocycles. The summed E-state index contributed by atoms with van der Waals surface area (Å²) in [6.07, 6.45) is 3.39. The first-order chi connectivity index (χ1) is 8.34. The summed E-state index contributed by atoms with van der Waals surface area (Å²) in [5.41, 5.74) is 5.96. The van der Waals surface area contributed by atoms with Gasteiger partial charge in [0.2, 0.25) is 0 Å². The Hall–Kier alpha value is -0.940. The number of fused-ring (bicyclic) bond motifs is 2. The van der Waals surface area contributed by atoms with Crippen molar-refractivity contribution in [3.63, 3.8) is 0 Å². The molecule has 92 valence electrons. The first kappa shape index (κ1) is 11.2. The van der Waals surface area contributed by atoms with E-state index in [4.69, 9.17) is 5.84 Å². The maximum Gasteiger partial charge on any atom is 0.0463 e. The van der Waals surface area contributed by atoms with E-state index in [1.165, 1.54) is 11.1 Å². The number of nitrogens with one attached hydrogen (secondary N) is 2. The molecule has 0 aliphatic carbocycles. The standard InChI is InChI=1S/C13H20N4/c14-16-17-9-6-13(7-10-17)12-4-2-1-3-11(12)5-8-15-13/h1-4,15-16H,5-10,14H2. The Morgan fingerprint density at radius 1 is 1.24 bits per heavy atom. The third kappa shape index (κ3) is 1.87. The zero-order valence-electron chi connectivity index (χ0n) is 10.1. The van der Waals surface area contributed by atoms with Crippen LogP contribution in [-0.2, 0) is 12.0 Å². The van der Waals surface area contributed by atoms with Gasteiger partial charge >= 0.3 is 0 Å². The number of hydrogen-bond donors (Lipinski definition) is 3. The molecule has 4 N–H and O–H groups in total. The Kier molecular flexibility index (Phi) is 2.88. The first-order valence-electron chi connectivity index (χ1n) is 6.39. The van der Waals surface area contributed by atoms with Crippen molar-refractivity contribution in [3.05, 3.63) is 35.4 Å². The normalized spacial score (nSPS) is 23.6. The smallest absolute Gasteiger partial charge is 0.0463 e. The maximum absolute atomic E-state index is 5.47. The van der Waals surface area contributed by atoms with Gasteiger partial charge in [-0.25, -0.2) is 5.01 Å². The summed E-state index contributed by atoms with van der Waals surface area (Å²) in [5.74, 6) is 5.47. The fourth-order valence-electron chi connectivity index (χ4n) is 3.20. The van der Waals surface area contributed by atoms with E-state index in [9.17, 15) is 0 Å². The Labute approximate surface area is 102 Å². The number of nitrogens with two attached hydrogens (primary N) is 1. The lowest BCUT2D eigenvalue weighted by molar-refractivity contribution is 0.0869. The maximum atomic E-state index is 5.47. The molecule has 2 heterocycles. The van der Waals surface area contributed by atoms with E-state index in [1.54, 1.807) is 0 Å². The number of hydrogen-bond acceptors (Lipinski definition) is 4. The first-order valence-corrected chi connectivity index (χ1v) is 6.39. The van der Waals surface area contributed by atoms with Crippen molar-refractivity contribution in [3.8, 4) is 0 Å². The Morgan fingerprint density at radius 2 is 2.00 bits per heavy atom. The molecule has 3 rings (SSSR count). The Morgan fingerprint density at radius 3 is 2.76 bits per heavy atom. The lowest BCUT2D eigenvalue weighted by atomic mass is 9.76. The van der Waals surface area contributed by atoms with E-state index in [2.05, 4.69) is 40.1 Å². The molecule has 4 heteroatoms. The highest BCUT2D eigenvalue weighted by Crippen LogP contribution is 2.36. The van der Waals surface area contributed by atoms with Gasteiger partial charge in [0.25, 0.3) is 0 Å². The highest BCUT2D eigenvalue weighted by atomic mass is 15.6. The lowest BCUT2D eigenvalue weighted by Gasteiger charge is -2.45. The number of piperidine rings is 1. The van der Waals surface area contributed by atoms with Crippen molar-refractivity contribution in [2.24, 2.45) is 5.84 Å². The van der Waals surface area contributed by atoms with E-state index in [0.717, 1.165) is 38.9 Å². The van der Waals surface area contributed by atoms with E-state index in [-0.39, 0.29) is 5.54 Å². The Balaban J connectivity index is 1.89. The molecule has 4 nitrogen and oxygen atoms in total. The van der Waals surface area contributed by atoms with Gasteiger partial charge in [0.1, 0.15) is 0 Å². The second-order valence-corrected chi connectivity index (χ2v) is 5.03. The molecule has 0 bridgehead atoms. The molecule has 0 amide bonds. The number of rotatable bonds is 1. The second kappa shape index (κ2) is 4.38. The number of benzene rings is 1. The zero-order chi connectivity index (χ0) is 11.7. The molecule has 0 unspecified atom stereocenters. The van der Waals surface area contributed by atoms with E-state index in [1.807, 2.05) is 0 Å². The zero-order valence-corrected chi connectivity index (χ0v) is 10.1. The van der Waals surface area contributed by atoms with Gasteiger partial charge < -0.3 is 5.32 Å². The van der Waals surface area contributed by atoms with Crippen LogP contribution >= 0.6 is 0 Å². The molecule has 2 aliphatic rings. The molecule has 0 radical (unpaired) electrons. The van der Waals surface area contributed by atoms with Crippen molar-refractivity contribution in [1.82, 2.24) is 15.9 Å². The van der Waals surface area contributed by atoms with Gasteiger partial charge in [0.05, 0.1) is 0 Å². The average molecular weight is 232 g/mol. The van der Waals surface area contributed by atoms with Crippen LogP contribution in [0.3, 0.4) is 0 Å². The minimum atomic E-state index is 0.183. The molecule has 1 fully saturated rings. The van der Waals surface area contributed by atoms with Crippen LogP contribution in [0.2, 0.25) is 0 Å². The molecular weight excluding hydrogens is 212 g/mol. The largest absolute Gasteiger partial charge is 0.307 e. The summed E-state index contributed by atoms with van der Waals surface area (Å²) in [4.78, 5) is 0. The van der Waals surface area contributed by atoms with Crippen LogP contribution in [-0.4, -0.2) is 24.6 Å². The third-order valence-electron chi connectivity index (χ3n) is 4.19. The van der Waals surface area contributed by atoms with E-state index < -0.39 is 0 Å². The van der Waals surface area contributed by atoms with Crippen LogP contribution < -0.4 is 16.7 Å². The van der Waals surface area contributed by atoms with Crippen LogP contribution in [0.4, 0.5) is 0 Å². The summed E-state index contributed by atoms with van der Waals surface area (Å²) in [5, 5.41) is 5.83. The van der Waals surface area contributed by atoms with Crippen LogP contribution in [0.1, 0.15) is 24.0 Å². The van der Waals surface area contributed by atoms with Gasteiger partial charge in [0.15, 0.2) is 0 Å². The van der Waals surface area contributed by atoms with Gasteiger partial charge in [-0.1, -0.05) is 24.3 Å². The van der Waals surface area contributed by atoms with E-state index in [0.29, 0.717) is 0 Å². The fraction of sp³-hybridized carbons (Fsp3) is 0.538. The van der Waals surface area contributed by atoms with Crippen LogP contribution in [0.25, 0.3) is 0 Å². The Bertz CT molecular complexity index is 396. The predicted molar refractivity (Wildman–Crippen MR) is 68.0 cm³/mol. The van der Waals surface area contributed by atoms with Gasteiger partial charge in [-0.15, -0.1) is 0 Å². The topological polar surface area (TPSA) is 53.3 Å². The third-order valence-corrected chi connectivity index (χ3v) is 4.19. The van der Waals surface area contributed by atoms with Gasteiger partial charge in [0, 0.05) is 25.2 Å². The lowest BCUT2D eigenvalue weighted by Crippen LogP contribution is -2.57. The van der Waals surface area contributed by atoms with Gasteiger partial charge in [-0.05, 0) is 30.4 Å². The fourth-order valence-corrected chi connectivity index (χ4v) is 3.20. The van der Waals surface area contributed by atoms with Crippen molar-refractivity contribution in [2.75, 3.05) is 19.6 Å². The quantitative estimate of drug-likeness (QED) is 0.487. The summed E-state index contributed by atoms with van der Waals surface area (Å²) >= 11 is 0. The monoisotopic (exact) mass is 232 g/mol. The molecular formula is C13H20N4. The molecule has 1 aromatic rings. The van der Waals surface area contributed by atoms with Crippen LogP contribution in [0.15, 0.2) is 24.3 Å². The van der Waals surface area contributed by atoms with Gasteiger partial charge in [-0.2, -0.15) is 5.53 Å². The highest BCUT2D eigenvalue weighted by molar-refractivity contribution is 5.36. The molecule has 17 heavy (non-hydrogen) atoms. The molecule has 0 atom stereocenters. The van der Waals surface area contributed by atoms with E-state index >= 15 is 0 Å². The second-order valence-electron chi connectivity index (χ2n) is 5.03. The minimum absolute atomic E-state index is 0.183. The molecule has 1 spiro atoms. The summed E-state index contributed by atoms with van der Waals surface area (Å²) in [6.45, 7) is 3.09. The van der Waals surface area contributed by atoms with Crippen molar-refractivity contribution in [1.29, 1.82) is 0 Å². The average Bonchev–Trinajstić information content (AvgIpc) is 2.40. The molecule has 0 saturated carbocycles. The van der Waals surface area contributed by atoms with Crippen LogP contribution in [0.5, 0.6) is 0 Å². The summed E-state index contributed by atoms with van der Waals surface area (Å²) in [7, 11) is 0. The number of nitrogens with zero attached hydrogens (tertiary/aromatic N) is 1. The number of hydrazine groups is 2. The predicted octanol–water partition coefficient (Wildman–Crippen LogP) is 0.502. The molecule has 0 aromatic heterocycles. The SMILES string of the molecule is NNN1CCC2(CC1)NCCc1ccccc12. The van der Waals surface area contributed by atoms with Gasteiger partial charge in [-0.3, -0.25) is 5.84 Å². The molecule has 1 saturated heterocycles. The van der Waals surface area contributed by atoms with Crippen molar-refractivity contribution < 1.29 is 0 Å². The van der Waals surface area contributed by atoms with Crippen LogP contribution in [0, 0.1) is 0 Å². The minimum Gasteiger partial charge on any atom is -0.307 e. The highest BCUT2D eigenvalue weighted by Gasteiger charge is 2.38. The molecule has 1 aromatic carbocycles. The van der Waals surface area contributed by atoms with Crippen molar-refractivity contribution >= 4 is 0 Å².